The number of rotatable bonds is 0. The highest BCUT2D eigenvalue weighted by Crippen LogP contribution is 2.45. The molecule has 2 aromatic rings. The monoisotopic (exact) mass is 213 g/mol. The van der Waals surface area contributed by atoms with Gasteiger partial charge in [-0.3, -0.25) is 0 Å². The van der Waals surface area contributed by atoms with Crippen molar-refractivity contribution in [1.82, 2.24) is 0 Å². The molecule has 0 bridgehead atoms. The number of nitrogens with two attached hydrogens (primary N) is 2. The van der Waals surface area contributed by atoms with E-state index in [9.17, 15) is 0 Å². The fourth-order valence-electron chi connectivity index (χ4n) is 1.79. The third-order valence-corrected chi connectivity index (χ3v) is 2.52. The van der Waals surface area contributed by atoms with Gasteiger partial charge < -0.3 is 21.5 Å². The van der Waals surface area contributed by atoms with Crippen LogP contribution in [0.1, 0.15) is 0 Å². The molecule has 2 aromatic carbocycles. The Kier molecular flexibility index (Phi) is 1.71. The molecule has 0 spiro atoms. The lowest BCUT2D eigenvalue weighted by Crippen LogP contribution is -2.06. The van der Waals surface area contributed by atoms with E-state index in [2.05, 4.69) is 5.32 Å². The van der Waals surface area contributed by atoms with E-state index < -0.39 is 0 Å². The van der Waals surface area contributed by atoms with Gasteiger partial charge in [-0.2, -0.15) is 0 Å². The average Bonchev–Trinajstić information content (AvgIpc) is 2.27. The molecule has 4 heteroatoms. The Labute approximate surface area is 92.8 Å². The first-order chi connectivity index (χ1) is 7.74. The van der Waals surface area contributed by atoms with Crippen LogP contribution >= 0.6 is 0 Å². The number of hydrogen-bond donors (Lipinski definition) is 3. The molecule has 0 unspecified atom stereocenters. The van der Waals surface area contributed by atoms with E-state index in [4.69, 9.17) is 16.2 Å². The van der Waals surface area contributed by atoms with E-state index in [1.807, 2.05) is 24.3 Å². The van der Waals surface area contributed by atoms with E-state index in [-0.39, 0.29) is 0 Å². The number of nitrogen functional groups attached to an aromatic ring is 2. The molecule has 0 aliphatic carbocycles. The number of fused-ring (bicyclic) bond motifs is 2. The second-order valence-electron chi connectivity index (χ2n) is 3.71. The highest BCUT2D eigenvalue weighted by Gasteiger charge is 2.18. The standard InChI is InChI=1S/C12H11N3O/c13-7-5-8(14)12-11(6-7)16-10-4-2-1-3-9(10)15-12/h1-6,15H,13-14H2. The van der Waals surface area contributed by atoms with Crippen LogP contribution in [0.2, 0.25) is 0 Å². The van der Waals surface area contributed by atoms with Gasteiger partial charge in [0.15, 0.2) is 11.5 Å². The Balaban J connectivity index is 2.15. The van der Waals surface area contributed by atoms with E-state index in [0.29, 0.717) is 17.1 Å². The maximum Gasteiger partial charge on any atom is 0.155 e. The Hall–Kier alpha value is -2.36. The summed E-state index contributed by atoms with van der Waals surface area (Å²) in [4.78, 5) is 0. The summed E-state index contributed by atoms with van der Waals surface area (Å²) in [6.07, 6.45) is 0. The molecule has 0 atom stereocenters. The first-order valence-electron chi connectivity index (χ1n) is 4.97. The summed E-state index contributed by atoms with van der Waals surface area (Å²) < 4.78 is 5.72. The van der Waals surface area contributed by atoms with Gasteiger partial charge in [-0.05, 0) is 18.2 Å². The van der Waals surface area contributed by atoms with Crippen molar-refractivity contribution in [3.05, 3.63) is 36.4 Å². The normalized spacial score (nSPS) is 12.0. The molecule has 5 N–H and O–H groups in total. The Bertz CT molecular complexity index is 566. The Morgan fingerprint density at radius 2 is 1.81 bits per heavy atom. The summed E-state index contributed by atoms with van der Waals surface area (Å²) in [7, 11) is 0. The average molecular weight is 213 g/mol. The summed E-state index contributed by atoms with van der Waals surface area (Å²) in [5.41, 5.74) is 14.5. The van der Waals surface area contributed by atoms with Crippen LogP contribution < -0.4 is 21.5 Å². The zero-order valence-electron chi connectivity index (χ0n) is 8.53. The zero-order valence-corrected chi connectivity index (χ0v) is 8.53. The van der Waals surface area contributed by atoms with Crippen molar-refractivity contribution in [1.29, 1.82) is 0 Å². The molecule has 1 aliphatic rings. The van der Waals surface area contributed by atoms with Crippen LogP contribution in [0.4, 0.5) is 22.7 Å². The fourth-order valence-corrected chi connectivity index (χ4v) is 1.79. The number of hydrogen-bond acceptors (Lipinski definition) is 4. The molecule has 80 valence electrons. The van der Waals surface area contributed by atoms with Crippen LogP contribution in [0.3, 0.4) is 0 Å². The van der Waals surface area contributed by atoms with Gasteiger partial charge in [-0.15, -0.1) is 0 Å². The maximum atomic E-state index is 5.88. The van der Waals surface area contributed by atoms with E-state index in [1.165, 1.54) is 0 Å². The second-order valence-corrected chi connectivity index (χ2v) is 3.71. The minimum Gasteiger partial charge on any atom is -0.453 e. The van der Waals surface area contributed by atoms with Crippen LogP contribution in [-0.4, -0.2) is 0 Å². The first kappa shape index (κ1) is 8.91. The fraction of sp³-hybridized carbons (Fsp3) is 0. The van der Waals surface area contributed by atoms with Gasteiger partial charge >= 0.3 is 0 Å². The molecule has 4 nitrogen and oxygen atoms in total. The summed E-state index contributed by atoms with van der Waals surface area (Å²) in [5, 5.41) is 3.23. The topological polar surface area (TPSA) is 73.3 Å². The molecule has 1 aliphatic heterocycles. The summed E-state index contributed by atoms with van der Waals surface area (Å²) in [6.45, 7) is 0. The largest absolute Gasteiger partial charge is 0.453 e. The SMILES string of the molecule is Nc1cc(N)c2c(c1)Oc1ccccc1N2. The van der Waals surface area contributed by atoms with Crippen molar-refractivity contribution in [2.75, 3.05) is 16.8 Å². The molecule has 0 amide bonds. The minimum atomic E-state index is 0.588. The Morgan fingerprint density at radius 3 is 2.69 bits per heavy atom. The van der Waals surface area contributed by atoms with Gasteiger partial charge in [-0.25, -0.2) is 0 Å². The van der Waals surface area contributed by atoms with E-state index >= 15 is 0 Å². The number of benzene rings is 2. The quantitative estimate of drug-likeness (QED) is 0.502. The second kappa shape index (κ2) is 3.06. The van der Waals surface area contributed by atoms with Crippen molar-refractivity contribution in [2.24, 2.45) is 0 Å². The van der Waals surface area contributed by atoms with Crippen molar-refractivity contribution in [2.45, 2.75) is 0 Å². The molecule has 0 saturated carbocycles. The Morgan fingerprint density at radius 1 is 1.00 bits per heavy atom. The van der Waals surface area contributed by atoms with Gasteiger partial charge in [-0.1, -0.05) is 12.1 Å². The van der Waals surface area contributed by atoms with Crippen molar-refractivity contribution >= 4 is 22.7 Å². The lowest BCUT2D eigenvalue weighted by molar-refractivity contribution is 0.482. The zero-order chi connectivity index (χ0) is 11.1. The van der Waals surface area contributed by atoms with E-state index in [1.54, 1.807) is 12.1 Å². The molecule has 0 radical (unpaired) electrons. The van der Waals surface area contributed by atoms with Gasteiger partial charge in [0.25, 0.3) is 0 Å². The van der Waals surface area contributed by atoms with Gasteiger partial charge in [0.05, 0.1) is 11.4 Å². The molecule has 0 fully saturated rings. The van der Waals surface area contributed by atoms with Gasteiger partial charge in [0.1, 0.15) is 5.69 Å². The molecular weight excluding hydrogens is 202 g/mol. The molecule has 0 aromatic heterocycles. The highest BCUT2D eigenvalue weighted by atomic mass is 16.5. The number of nitrogens with one attached hydrogen (secondary N) is 1. The lowest BCUT2D eigenvalue weighted by atomic mass is 10.1. The van der Waals surface area contributed by atoms with Crippen LogP contribution in [0.25, 0.3) is 0 Å². The number of para-hydroxylation sites is 2. The minimum absolute atomic E-state index is 0.588. The van der Waals surface area contributed by atoms with Crippen molar-refractivity contribution in [3.63, 3.8) is 0 Å². The predicted molar refractivity (Wildman–Crippen MR) is 65.1 cm³/mol. The third-order valence-electron chi connectivity index (χ3n) is 2.52. The predicted octanol–water partition coefficient (Wildman–Crippen LogP) is 2.70. The smallest absolute Gasteiger partial charge is 0.155 e. The molecule has 3 rings (SSSR count). The highest BCUT2D eigenvalue weighted by molar-refractivity contribution is 5.86. The van der Waals surface area contributed by atoms with Gasteiger partial charge in [0, 0.05) is 11.8 Å². The molecular formula is C12H11N3O. The van der Waals surface area contributed by atoms with Crippen molar-refractivity contribution < 1.29 is 4.74 Å². The first-order valence-corrected chi connectivity index (χ1v) is 4.97. The summed E-state index contributed by atoms with van der Waals surface area (Å²) >= 11 is 0. The van der Waals surface area contributed by atoms with Crippen molar-refractivity contribution in [3.8, 4) is 11.5 Å². The van der Waals surface area contributed by atoms with Gasteiger partial charge in [0.2, 0.25) is 0 Å². The lowest BCUT2D eigenvalue weighted by Gasteiger charge is -2.23. The molecule has 1 heterocycles. The number of anilines is 4. The van der Waals surface area contributed by atoms with Crippen LogP contribution in [0.15, 0.2) is 36.4 Å². The third kappa shape index (κ3) is 1.24. The number of ether oxygens (including phenoxy) is 1. The maximum absolute atomic E-state index is 5.88. The van der Waals surface area contributed by atoms with Crippen LogP contribution in [0.5, 0.6) is 11.5 Å². The summed E-state index contributed by atoms with van der Waals surface area (Å²) in [5.74, 6) is 1.44. The molecule has 16 heavy (non-hydrogen) atoms. The van der Waals surface area contributed by atoms with Crippen LogP contribution in [-0.2, 0) is 0 Å². The van der Waals surface area contributed by atoms with E-state index in [0.717, 1.165) is 17.1 Å². The molecule has 0 saturated heterocycles. The van der Waals surface area contributed by atoms with Crippen LogP contribution in [0, 0.1) is 0 Å². The summed E-state index contributed by atoms with van der Waals surface area (Å²) in [6, 6.07) is 11.2.